The minimum Gasteiger partial charge on any atom is -0.375 e. The average Bonchev–Trinajstić information content (AvgIpc) is 2.37. The van der Waals surface area contributed by atoms with E-state index in [0.29, 0.717) is 19.2 Å². The third-order valence-corrected chi connectivity index (χ3v) is 3.73. The van der Waals surface area contributed by atoms with Gasteiger partial charge in [-0.1, -0.05) is 13.8 Å². The summed E-state index contributed by atoms with van der Waals surface area (Å²) in [6.07, 6.45) is -0.489. The second-order valence-electron chi connectivity index (χ2n) is 5.05. The topological polar surface area (TPSA) is 30.5 Å². The molecule has 1 aliphatic heterocycles. The summed E-state index contributed by atoms with van der Waals surface area (Å²) in [5.74, 6) is 0. The summed E-state index contributed by atoms with van der Waals surface area (Å²) >= 11 is 0. The monoisotopic (exact) mass is 283 g/mol. The van der Waals surface area contributed by atoms with Crippen LogP contribution in [-0.4, -0.2) is 44.2 Å². The van der Waals surface area contributed by atoms with Gasteiger partial charge in [-0.05, 0) is 25.7 Å². The summed E-state index contributed by atoms with van der Waals surface area (Å²) in [6, 6.07) is 0.308. The van der Waals surface area contributed by atoms with Crippen molar-refractivity contribution in [1.29, 1.82) is 0 Å². The van der Waals surface area contributed by atoms with Crippen molar-refractivity contribution in [2.24, 2.45) is 0 Å². The van der Waals surface area contributed by atoms with E-state index < -0.39 is 12.8 Å². The third-order valence-electron chi connectivity index (χ3n) is 3.73. The Bertz CT molecular complexity index is 255. The van der Waals surface area contributed by atoms with Gasteiger partial charge in [-0.15, -0.1) is 0 Å². The summed E-state index contributed by atoms with van der Waals surface area (Å²) in [5, 5.41) is 3.26. The highest BCUT2D eigenvalue weighted by Gasteiger charge is 2.34. The van der Waals surface area contributed by atoms with Gasteiger partial charge in [0.2, 0.25) is 0 Å². The van der Waals surface area contributed by atoms with Crippen molar-refractivity contribution in [1.82, 2.24) is 5.32 Å². The maximum Gasteiger partial charge on any atom is 0.411 e. The molecule has 0 spiro atoms. The molecule has 3 nitrogen and oxygen atoms in total. The minimum atomic E-state index is -4.24. The lowest BCUT2D eigenvalue weighted by Gasteiger charge is -2.40. The number of halogens is 3. The van der Waals surface area contributed by atoms with Gasteiger partial charge in [0, 0.05) is 19.2 Å². The Kier molecular flexibility index (Phi) is 6.56. The van der Waals surface area contributed by atoms with Gasteiger partial charge >= 0.3 is 6.18 Å². The molecule has 19 heavy (non-hydrogen) atoms. The minimum absolute atomic E-state index is 0.0667. The van der Waals surface area contributed by atoms with Gasteiger partial charge in [0.25, 0.3) is 0 Å². The first-order chi connectivity index (χ1) is 8.91. The van der Waals surface area contributed by atoms with Crippen LogP contribution < -0.4 is 5.32 Å². The molecule has 1 atom stereocenters. The van der Waals surface area contributed by atoms with E-state index in [2.05, 4.69) is 23.9 Å². The van der Waals surface area contributed by atoms with Crippen molar-refractivity contribution in [3.05, 3.63) is 0 Å². The van der Waals surface area contributed by atoms with Crippen molar-refractivity contribution in [2.45, 2.75) is 57.3 Å². The molecular weight excluding hydrogens is 259 g/mol. The van der Waals surface area contributed by atoms with Gasteiger partial charge in [0.15, 0.2) is 0 Å². The lowest BCUT2D eigenvalue weighted by Crippen LogP contribution is -2.47. The molecule has 0 aromatic heterocycles. The van der Waals surface area contributed by atoms with Crippen molar-refractivity contribution >= 4 is 0 Å². The van der Waals surface area contributed by atoms with Crippen LogP contribution in [-0.2, 0) is 9.47 Å². The van der Waals surface area contributed by atoms with Crippen molar-refractivity contribution in [2.75, 3.05) is 26.4 Å². The van der Waals surface area contributed by atoms with Crippen LogP contribution in [0.3, 0.4) is 0 Å². The van der Waals surface area contributed by atoms with E-state index in [4.69, 9.17) is 4.74 Å². The molecular formula is C13H24F3NO2. The Hall–Kier alpha value is -0.330. The average molecular weight is 283 g/mol. The fraction of sp³-hybridized carbons (Fsp3) is 1.00. The first-order valence-corrected chi connectivity index (χ1v) is 6.92. The molecule has 1 aliphatic rings. The lowest BCUT2D eigenvalue weighted by molar-refractivity contribution is -0.173. The molecule has 1 fully saturated rings. The number of nitrogens with one attached hydrogen (secondary N) is 1. The van der Waals surface area contributed by atoms with Gasteiger partial charge in [0.1, 0.15) is 6.61 Å². The highest BCUT2D eigenvalue weighted by atomic mass is 19.4. The predicted octanol–water partition coefficient (Wildman–Crippen LogP) is 2.89. The Morgan fingerprint density at radius 3 is 2.58 bits per heavy atom. The molecule has 0 aromatic carbocycles. The second-order valence-corrected chi connectivity index (χ2v) is 5.05. The number of hydrogen-bond donors (Lipinski definition) is 1. The summed E-state index contributed by atoms with van der Waals surface area (Å²) in [4.78, 5) is 0. The largest absolute Gasteiger partial charge is 0.411 e. The summed E-state index contributed by atoms with van der Waals surface area (Å²) in [7, 11) is 0. The second kappa shape index (κ2) is 7.45. The van der Waals surface area contributed by atoms with Crippen molar-refractivity contribution in [3.63, 3.8) is 0 Å². The van der Waals surface area contributed by atoms with Gasteiger partial charge in [-0.3, -0.25) is 0 Å². The molecule has 0 bridgehead atoms. The van der Waals surface area contributed by atoms with E-state index in [1.165, 1.54) is 0 Å². The molecule has 0 aromatic rings. The van der Waals surface area contributed by atoms with Crippen LogP contribution in [0, 0.1) is 0 Å². The zero-order valence-electron chi connectivity index (χ0n) is 11.7. The number of ether oxygens (including phenoxy) is 2. The summed E-state index contributed by atoms with van der Waals surface area (Å²) in [5.41, 5.74) is -0.0667. The van der Waals surface area contributed by atoms with Crippen LogP contribution in [0.4, 0.5) is 13.2 Å². The van der Waals surface area contributed by atoms with E-state index >= 15 is 0 Å². The summed E-state index contributed by atoms with van der Waals surface area (Å²) in [6.45, 7) is 4.29. The third kappa shape index (κ3) is 6.10. The van der Waals surface area contributed by atoms with E-state index in [1.807, 2.05) is 0 Å². The fourth-order valence-electron chi connectivity index (χ4n) is 2.47. The molecule has 1 unspecified atom stereocenters. The van der Waals surface area contributed by atoms with Crippen LogP contribution in [0.15, 0.2) is 0 Å². The highest BCUT2D eigenvalue weighted by molar-refractivity contribution is 4.88. The van der Waals surface area contributed by atoms with E-state index in [9.17, 15) is 13.2 Å². The van der Waals surface area contributed by atoms with Crippen LogP contribution in [0.5, 0.6) is 0 Å². The van der Waals surface area contributed by atoms with Crippen LogP contribution in [0.1, 0.15) is 39.5 Å². The molecule has 1 rings (SSSR count). The van der Waals surface area contributed by atoms with E-state index in [1.54, 1.807) is 0 Å². The van der Waals surface area contributed by atoms with E-state index in [0.717, 1.165) is 25.7 Å². The first-order valence-electron chi connectivity index (χ1n) is 6.92. The molecule has 1 heterocycles. The van der Waals surface area contributed by atoms with Gasteiger partial charge in [0.05, 0.1) is 12.2 Å². The summed E-state index contributed by atoms with van der Waals surface area (Å²) < 4.78 is 46.0. The zero-order chi connectivity index (χ0) is 14.4. The molecule has 0 amide bonds. The smallest absolute Gasteiger partial charge is 0.375 e. The SMILES string of the molecule is CCC1(CC)CC(NCCOCC(F)(F)F)CCO1. The maximum absolute atomic E-state index is 11.9. The van der Waals surface area contributed by atoms with Gasteiger partial charge in [-0.25, -0.2) is 0 Å². The maximum atomic E-state index is 11.9. The van der Waals surface area contributed by atoms with Crippen molar-refractivity contribution in [3.8, 4) is 0 Å². The van der Waals surface area contributed by atoms with Gasteiger partial charge < -0.3 is 14.8 Å². The fourth-order valence-corrected chi connectivity index (χ4v) is 2.47. The quantitative estimate of drug-likeness (QED) is 0.729. The standard InChI is InChI=1S/C13H24F3NO2/c1-3-12(4-2)9-11(5-7-19-12)17-6-8-18-10-13(14,15)16/h11,17H,3-10H2,1-2H3. The molecule has 114 valence electrons. The molecule has 0 saturated carbocycles. The van der Waals surface area contributed by atoms with E-state index in [-0.39, 0.29) is 12.2 Å². The Morgan fingerprint density at radius 2 is 2.00 bits per heavy atom. The Labute approximate surface area is 112 Å². The zero-order valence-corrected chi connectivity index (χ0v) is 11.7. The molecule has 1 N–H and O–H groups in total. The Balaban J connectivity index is 2.19. The van der Waals surface area contributed by atoms with Crippen molar-refractivity contribution < 1.29 is 22.6 Å². The number of rotatable bonds is 7. The van der Waals surface area contributed by atoms with Crippen LogP contribution in [0.2, 0.25) is 0 Å². The number of alkyl halides is 3. The van der Waals surface area contributed by atoms with Crippen LogP contribution in [0.25, 0.3) is 0 Å². The Morgan fingerprint density at radius 1 is 1.32 bits per heavy atom. The molecule has 1 saturated heterocycles. The number of hydrogen-bond acceptors (Lipinski definition) is 3. The molecule has 6 heteroatoms. The predicted molar refractivity (Wildman–Crippen MR) is 67.2 cm³/mol. The molecule has 0 radical (unpaired) electrons. The lowest BCUT2D eigenvalue weighted by atomic mass is 9.86. The molecule has 0 aliphatic carbocycles. The first kappa shape index (κ1) is 16.7. The normalized spacial score (nSPS) is 23.5. The van der Waals surface area contributed by atoms with Gasteiger partial charge in [-0.2, -0.15) is 13.2 Å². The highest BCUT2D eigenvalue weighted by Crippen LogP contribution is 2.31. The van der Waals surface area contributed by atoms with Crippen LogP contribution >= 0.6 is 0 Å².